The molecule has 1 aromatic heterocycles. The first-order chi connectivity index (χ1) is 14.9. The maximum atomic E-state index is 13.1. The molecule has 0 bridgehead atoms. The van der Waals surface area contributed by atoms with Crippen molar-refractivity contribution in [2.75, 3.05) is 13.1 Å². The van der Waals surface area contributed by atoms with E-state index in [2.05, 4.69) is 10.9 Å². The van der Waals surface area contributed by atoms with Gasteiger partial charge in [0.05, 0.1) is 21.7 Å². The Kier molecular flexibility index (Phi) is 6.05. The summed E-state index contributed by atoms with van der Waals surface area (Å²) in [6, 6.07) is 12.5. The Morgan fingerprint density at radius 1 is 1.16 bits per heavy atom. The van der Waals surface area contributed by atoms with E-state index in [-0.39, 0.29) is 29.8 Å². The van der Waals surface area contributed by atoms with Gasteiger partial charge in [0, 0.05) is 19.0 Å². The van der Waals surface area contributed by atoms with Crippen molar-refractivity contribution in [1.82, 2.24) is 8.87 Å². The molecule has 9 heteroatoms. The summed E-state index contributed by atoms with van der Waals surface area (Å²) in [4.78, 5) is 17.8. The molecule has 0 unspecified atom stereocenters. The van der Waals surface area contributed by atoms with Crippen LogP contribution in [0.5, 0.6) is 0 Å². The number of thiazole rings is 1. The lowest BCUT2D eigenvalue weighted by atomic mass is 9.98. The SMILES string of the molecule is C#CCn1c(=NC(=O)C2CCN(S(=O)(=O)c3ccc(F)cc3)CC2)sc2ccccc21. The predicted octanol–water partition coefficient (Wildman–Crippen LogP) is 3.00. The average Bonchev–Trinajstić information content (AvgIpc) is 3.11. The van der Waals surface area contributed by atoms with Gasteiger partial charge in [-0.1, -0.05) is 29.4 Å². The fraction of sp³-hybridized carbons (Fsp3) is 0.273. The van der Waals surface area contributed by atoms with Gasteiger partial charge >= 0.3 is 0 Å². The van der Waals surface area contributed by atoms with Gasteiger partial charge in [-0.15, -0.1) is 6.42 Å². The molecule has 160 valence electrons. The molecule has 1 fully saturated rings. The molecule has 1 aliphatic rings. The number of nitrogens with zero attached hydrogens (tertiary/aromatic N) is 3. The molecule has 0 N–H and O–H groups in total. The van der Waals surface area contributed by atoms with Crippen LogP contribution < -0.4 is 4.80 Å². The second kappa shape index (κ2) is 8.75. The van der Waals surface area contributed by atoms with Crippen LogP contribution in [0.4, 0.5) is 4.39 Å². The smallest absolute Gasteiger partial charge is 0.251 e. The van der Waals surface area contributed by atoms with Gasteiger partial charge in [0.25, 0.3) is 5.91 Å². The fourth-order valence-corrected chi connectivity index (χ4v) is 6.14. The molecular weight excluding hydrogens is 437 g/mol. The molecule has 0 radical (unpaired) electrons. The van der Waals surface area contributed by atoms with E-state index in [4.69, 9.17) is 6.42 Å². The molecule has 0 atom stereocenters. The minimum Gasteiger partial charge on any atom is -0.305 e. The number of piperidine rings is 1. The highest BCUT2D eigenvalue weighted by atomic mass is 32.2. The van der Waals surface area contributed by atoms with Crippen LogP contribution in [0.25, 0.3) is 10.2 Å². The minimum atomic E-state index is -3.72. The molecule has 2 aromatic carbocycles. The summed E-state index contributed by atoms with van der Waals surface area (Å²) in [5.74, 6) is 1.48. The lowest BCUT2D eigenvalue weighted by Gasteiger charge is -2.29. The first-order valence-electron chi connectivity index (χ1n) is 9.76. The zero-order chi connectivity index (χ0) is 22.0. The number of carbonyl (C=O) groups is 1. The van der Waals surface area contributed by atoms with Crippen LogP contribution in [-0.4, -0.2) is 36.3 Å². The number of fused-ring (bicyclic) bond motifs is 1. The fourth-order valence-electron chi connectivity index (χ4n) is 3.63. The zero-order valence-corrected chi connectivity index (χ0v) is 18.2. The van der Waals surface area contributed by atoms with Gasteiger partial charge in [0.15, 0.2) is 4.80 Å². The molecule has 6 nitrogen and oxygen atoms in total. The van der Waals surface area contributed by atoms with Crippen molar-refractivity contribution >= 4 is 37.5 Å². The minimum absolute atomic E-state index is 0.0453. The van der Waals surface area contributed by atoms with Crippen LogP contribution in [0.2, 0.25) is 0 Å². The Hall–Kier alpha value is -2.80. The number of amides is 1. The Balaban J connectivity index is 1.51. The Morgan fingerprint density at radius 3 is 2.52 bits per heavy atom. The van der Waals surface area contributed by atoms with Crippen LogP contribution in [-0.2, 0) is 21.4 Å². The van der Waals surface area contributed by atoms with E-state index in [1.807, 2.05) is 28.8 Å². The van der Waals surface area contributed by atoms with Crippen molar-refractivity contribution in [2.45, 2.75) is 24.3 Å². The van der Waals surface area contributed by atoms with E-state index >= 15 is 0 Å². The number of carbonyl (C=O) groups excluding carboxylic acids is 1. The van der Waals surface area contributed by atoms with Crippen molar-refractivity contribution in [1.29, 1.82) is 0 Å². The quantitative estimate of drug-likeness (QED) is 0.566. The first kappa shape index (κ1) is 21.4. The number of rotatable bonds is 4. The molecule has 0 spiro atoms. The molecule has 2 heterocycles. The van der Waals surface area contributed by atoms with Gasteiger partial charge < -0.3 is 4.57 Å². The zero-order valence-electron chi connectivity index (χ0n) is 16.6. The van der Waals surface area contributed by atoms with Gasteiger partial charge in [-0.3, -0.25) is 4.79 Å². The highest BCUT2D eigenvalue weighted by Crippen LogP contribution is 2.25. The number of hydrogen-bond donors (Lipinski definition) is 0. The number of benzene rings is 2. The van der Waals surface area contributed by atoms with Gasteiger partial charge in [-0.05, 0) is 49.2 Å². The molecule has 0 saturated carbocycles. The highest BCUT2D eigenvalue weighted by molar-refractivity contribution is 7.89. The van der Waals surface area contributed by atoms with Gasteiger partial charge in [-0.2, -0.15) is 9.30 Å². The summed E-state index contributed by atoms with van der Waals surface area (Å²) in [7, 11) is -3.72. The van der Waals surface area contributed by atoms with Gasteiger partial charge in [-0.25, -0.2) is 12.8 Å². The molecule has 1 saturated heterocycles. The third-order valence-electron chi connectivity index (χ3n) is 5.30. The second-order valence-corrected chi connectivity index (χ2v) is 10.2. The lowest BCUT2D eigenvalue weighted by Crippen LogP contribution is -2.40. The summed E-state index contributed by atoms with van der Waals surface area (Å²) in [6.07, 6.45) is 6.25. The second-order valence-electron chi connectivity index (χ2n) is 7.22. The summed E-state index contributed by atoms with van der Waals surface area (Å²) >= 11 is 1.40. The standard InChI is InChI=1S/C22H20FN3O3S2/c1-2-13-26-19-5-3-4-6-20(19)30-22(26)24-21(27)16-11-14-25(15-12-16)31(28,29)18-9-7-17(23)8-10-18/h1,3-10,16H,11-15H2. The van der Waals surface area contributed by atoms with Crippen LogP contribution in [0, 0.1) is 24.1 Å². The largest absolute Gasteiger partial charge is 0.305 e. The topological polar surface area (TPSA) is 71.7 Å². The van der Waals surface area contributed by atoms with E-state index in [1.165, 1.54) is 27.8 Å². The Morgan fingerprint density at radius 2 is 1.84 bits per heavy atom. The molecule has 1 amide bonds. The van der Waals surface area contributed by atoms with Gasteiger partial charge in [0.1, 0.15) is 5.82 Å². The Bertz CT molecular complexity index is 1330. The normalized spacial score (nSPS) is 16.5. The third-order valence-corrected chi connectivity index (χ3v) is 8.27. The van der Waals surface area contributed by atoms with Crippen LogP contribution in [0.1, 0.15) is 12.8 Å². The van der Waals surface area contributed by atoms with Crippen LogP contribution >= 0.6 is 11.3 Å². The molecule has 0 aliphatic carbocycles. The number of aromatic nitrogens is 1. The summed E-state index contributed by atoms with van der Waals surface area (Å²) < 4.78 is 42.8. The number of terminal acetylenes is 1. The maximum Gasteiger partial charge on any atom is 0.251 e. The lowest BCUT2D eigenvalue weighted by molar-refractivity contribution is -0.122. The number of halogens is 1. The number of sulfonamides is 1. The summed E-state index contributed by atoms with van der Waals surface area (Å²) in [5.41, 5.74) is 0.928. The maximum absolute atomic E-state index is 13.1. The molecule has 4 rings (SSSR count). The average molecular weight is 458 g/mol. The monoisotopic (exact) mass is 457 g/mol. The molecule has 31 heavy (non-hydrogen) atoms. The van der Waals surface area contributed by atoms with E-state index < -0.39 is 15.8 Å². The summed E-state index contributed by atoms with van der Waals surface area (Å²) in [5, 5.41) is 0. The third kappa shape index (κ3) is 4.32. The van der Waals surface area contributed by atoms with Gasteiger partial charge in [0.2, 0.25) is 10.0 Å². The highest BCUT2D eigenvalue weighted by Gasteiger charge is 2.32. The first-order valence-corrected chi connectivity index (χ1v) is 12.0. The van der Waals surface area contributed by atoms with Crippen molar-refractivity contribution in [3.05, 3.63) is 59.1 Å². The van der Waals surface area contributed by atoms with E-state index in [1.54, 1.807) is 0 Å². The molecule has 3 aromatic rings. The van der Waals surface area contributed by atoms with E-state index in [0.717, 1.165) is 22.3 Å². The Labute approximate surface area is 183 Å². The van der Waals surface area contributed by atoms with Crippen molar-refractivity contribution in [2.24, 2.45) is 10.9 Å². The van der Waals surface area contributed by atoms with Crippen molar-refractivity contribution in [3.8, 4) is 12.3 Å². The summed E-state index contributed by atoms with van der Waals surface area (Å²) in [6.45, 7) is 0.731. The van der Waals surface area contributed by atoms with Crippen molar-refractivity contribution < 1.29 is 17.6 Å². The molecular formula is C22H20FN3O3S2. The van der Waals surface area contributed by atoms with E-state index in [9.17, 15) is 17.6 Å². The predicted molar refractivity (Wildman–Crippen MR) is 117 cm³/mol. The number of hydrogen-bond acceptors (Lipinski definition) is 4. The van der Waals surface area contributed by atoms with Crippen molar-refractivity contribution in [3.63, 3.8) is 0 Å². The van der Waals surface area contributed by atoms with E-state index in [0.29, 0.717) is 24.2 Å². The number of para-hydroxylation sites is 1. The van der Waals surface area contributed by atoms with Crippen LogP contribution in [0.15, 0.2) is 58.4 Å². The molecule has 1 aliphatic heterocycles. The van der Waals surface area contributed by atoms with Crippen LogP contribution in [0.3, 0.4) is 0 Å².